The van der Waals surface area contributed by atoms with E-state index in [1.165, 1.54) is 30.0 Å². The van der Waals surface area contributed by atoms with Crippen LogP contribution in [0, 0.1) is 5.82 Å². The molecule has 0 spiro atoms. The molecule has 4 nitrogen and oxygen atoms in total. The number of hydrogen-bond acceptors (Lipinski definition) is 4. The van der Waals surface area contributed by atoms with Gasteiger partial charge in [-0.1, -0.05) is 0 Å². The Kier molecular flexibility index (Phi) is 4.70. The molecule has 6 heteroatoms. The fourth-order valence-electron chi connectivity index (χ4n) is 1.76. The molecule has 0 unspecified atom stereocenters. The zero-order valence-corrected chi connectivity index (χ0v) is 12.2. The molecule has 0 saturated heterocycles. The fourth-order valence-corrected chi connectivity index (χ4v) is 2.73. The number of halogens is 1. The number of carbonyl (C=O) groups excluding carboxylic acids is 1. The minimum Gasteiger partial charge on any atom is -0.497 e. The fraction of sp³-hybridized carbons (Fsp3) is 0.133. The van der Waals surface area contributed by atoms with Crippen molar-refractivity contribution in [1.29, 1.82) is 0 Å². The van der Waals surface area contributed by atoms with Gasteiger partial charge in [-0.3, -0.25) is 4.79 Å². The van der Waals surface area contributed by atoms with Crippen LogP contribution < -0.4 is 16.2 Å². The van der Waals surface area contributed by atoms with Gasteiger partial charge in [-0.2, -0.15) is 0 Å². The molecule has 2 aromatic rings. The number of anilines is 1. The van der Waals surface area contributed by atoms with E-state index in [0.717, 1.165) is 4.90 Å². The summed E-state index contributed by atoms with van der Waals surface area (Å²) in [5.41, 5.74) is 12.4. The van der Waals surface area contributed by atoms with E-state index in [1.54, 1.807) is 25.3 Å². The predicted molar refractivity (Wildman–Crippen MR) is 81.9 cm³/mol. The van der Waals surface area contributed by atoms with Gasteiger partial charge in [0.2, 0.25) is 5.91 Å². The van der Waals surface area contributed by atoms with Gasteiger partial charge in [0.25, 0.3) is 0 Å². The molecule has 0 aliphatic carbocycles. The van der Waals surface area contributed by atoms with Gasteiger partial charge in [-0.15, -0.1) is 11.8 Å². The van der Waals surface area contributed by atoms with Crippen LogP contribution in [0.3, 0.4) is 0 Å². The minimum atomic E-state index is -0.581. The van der Waals surface area contributed by atoms with Crippen molar-refractivity contribution in [1.82, 2.24) is 0 Å². The van der Waals surface area contributed by atoms with Gasteiger partial charge >= 0.3 is 0 Å². The number of hydrogen-bond donors (Lipinski definition) is 2. The number of rotatable bonds is 5. The van der Waals surface area contributed by atoms with Gasteiger partial charge in [0.05, 0.1) is 7.11 Å². The third-order valence-corrected chi connectivity index (χ3v) is 4.05. The van der Waals surface area contributed by atoms with Crippen LogP contribution in [0.25, 0.3) is 0 Å². The molecule has 0 aliphatic rings. The van der Waals surface area contributed by atoms with Gasteiger partial charge in [-0.25, -0.2) is 4.39 Å². The highest BCUT2D eigenvalue weighted by Crippen LogP contribution is 2.32. The summed E-state index contributed by atoms with van der Waals surface area (Å²) < 4.78 is 18.9. The van der Waals surface area contributed by atoms with Gasteiger partial charge in [0.1, 0.15) is 11.6 Å². The van der Waals surface area contributed by atoms with Gasteiger partial charge < -0.3 is 16.2 Å². The molecule has 2 aromatic carbocycles. The maximum absolute atomic E-state index is 13.8. The van der Waals surface area contributed by atoms with Crippen molar-refractivity contribution in [3.63, 3.8) is 0 Å². The molecule has 0 atom stereocenters. The number of thioether (sulfide) groups is 1. The highest BCUT2D eigenvalue weighted by Gasteiger charge is 2.09. The molecular formula is C15H15FN2O2S. The Morgan fingerprint density at radius 1 is 1.29 bits per heavy atom. The molecule has 2 rings (SSSR count). The van der Waals surface area contributed by atoms with Crippen LogP contribution in [-0.2, 0) is 5.75 Å². The lowest BCUT2D eigenvalue weighted by molar-refractivity contribution is 0.1000. The van der Waals surface area contributed by atoms with Crippen LogP contribution in [-0.4, -0.2) is 13.0 Å². The van der Waals surface area contributed by atoms with Crippen molar-refractivity contribution in [3.8, 4) is 5.75 Å². The lowest BCUT2D eigenvalue weighted by Crippen LogP contribution is -2.11. The molecule has 0 fully saturated rings. The van der Waals surface area contributed by atoms with Crippen molar-refractivity contribution < 1.29 is 13.9 Å². The SMILES string of the molecule is COc1ccc(N)c(SCc2cc(C(N)=O)ccc2F)c1. The van der Waals surface area contributed by atoms with Gasteiger partial charge in [0, 0.05) is 21.9 Å². The molecule has 0 radical (unpaired) electrons. The molecule has 0 aromatic heterocycles. The second-order valence-corrected chi connectivity index (χ2v) is 5.38. The van der Waals surface area contributed by atoms with Crippen LogP contribution in [0.1, 0.15) is 15.9 Å². The average molecular weight is 306 g/mol. The van der Waals surface area contributed by atoms with Crippen LogP contribution in [0.2, 0.25) is 0 Å². The van der Waals surface area contributed by atoms with Crippen molar-refractivity contribution in [2.75, 3.05) is 12.8 Å². The second kappa shape index (κ2) is 6.49. The van der Waals surface area contributed by atoms with E-state index in [-0.39, 0.29) is 11.4 Å². The minimum absolute atomic E-state index is 0.283. The largest absolute Gasteiger partial charge is 0.497 e. The number of methoxy groups -OCH3 is 1. The normalized spacial score (nSPS) is 10.4. The Bertz CT molecular complexity index is 677. The first-order chi connectivity index (χ1) is 10.0. The van der Waals surface area contributed by atoms with Gasteiger partial charge in [0.15, 0.2) is 0 Å². The Morgan fingerprint density at radius 3 is 2.71 bits per heavy atom. The number of carbonyl (C=O) groups is 1. The van der Waals surface area contributed by atoms with E-state index in [2.05, 4.69) is 0 Å². The molecule has 21 heavy (non-hydrogen) atoms. The van der Waals surface area contributed by atoms with E-state index >= 15 is 0 Å². The quantitative estimate of drug-likeness (QED) is 0.657. The van der Waals surface area contributed by atoms with Crippen LogP contribution in [0.4, 0.5) is 10.1 Å². The Hall–Kier alpha value is -2.21. The van der Waals surface area contributed by atoms with Gasteiger partial charge in [-0.05, 0) is 42.0 Å². The highest BCUT2D eigenvalue weighted by atomic mass is 32.2. The summed E-state index contributed by atoms with van der Waals surface area (Å²) >= 11 is 1.37. The molecule has 110 valence electrons. The summed E-state index contributed by atoms with van der Waals surface area (Å²) in [6, 6.07) is 9.35. The molecule has 0 saturated carbocycles. The average Bonchev–Trinajstić information content (AvgIpc) is 2.47. The molecule has 0 heterocycles. The maximum atomic E-state index is 13.8. The highest BCUT2D eigenvalue weighted by molar-refractivity contribution is 7.98. The number of nitrogens with two attached hydrogens (primary N) is 2. The molecule has 0 aliphatic heterocycles. The monoisotopic (exact) mass is 306 g/mol. The third kappa shape index (κ3) is 3.66. The van der Waals surface area contributed by atoms with Crippen molar-refractivity contribution in [2.45, 2.75) is 10.6 Å². The predicted octanol–water partition coefficient (Wildman–Crippen LogP) is 2.81. The Labute approximate surface area is 126 Å². The standard InChI is InChI=1S/C15H15FN2O2S/c1-20-11-3-5-13(17)14(7-11)21-8-10-6-9(15(18)19)2-4-12(10)16/h2-7H,8,17H2,1H3,(H2,18,19). The van der Waals surface area contributed by atoms with E-state index in [4.69, 9.17) is 16.2 Å². The van der Waals surface area contributed by atoms with E-state index in [1.807, 2.05) is 0 Å². The van der Waals surface area contributed by atoms with Crippen molar-refractivity contribution in [2.24, 2.45) is 5.73 Å². The first-order valence-electron chi connectivity index (χ1n) is 6.16. The van der Waals surface area contributed by atoms with Crippen LogP contribution in [0.5, 0.6) is 5.75 Å². The number of ether oxygens (including phenoxy) is 1. The van der Waals surface area contributed by atoms with E-state index in [0.29, 0.717) is 22.8 Å². The van der Waals surface area contributed by atoms with Crippen LogP contribution in [0.15, 0.2) is 41.3 Å². The Balaban J connectivity index is 2.20. The van der Waals surface area contributed by atoms with Crippen LogP contribution >= 0.6 is 11.8 Å². The van der Waals surface area contributed by atoms with Crippen molar-refractivity contribution in [3.05, 3.63) is 53.3 Å². The molecule has 4 N–H and O–H groups in total. The second-order valence-electron chi connectivity index (χ2n) is 4.36. The lowest BCUT2D eigenvalue weighted by atomic mass is 10.1. The summed E-state index contributed by atoms with van der Waals surface area (Å²) in [4.78, 5) is 11.9. The number of benzene rings is 2. The number of nitrogen functional groups attached to an aromatic ring is 1. The van der Waals surface area contributed by atoms with Crippen molar-refractivity contribution >= 4 is 23.4 Å². The first kappa shape index (κ1) is 15.2. The zero-order chi connectivity index (χ0) is 15.4. The molecule has 1 amide bonds. The number of primary amides is 1. The maximum Gasteiger partial charge on any atom is 0.248 e. The Morgan fingerprint density at radius 2 is 2.05 bits per heavy atom. The molecular weight excluding hydrogens is 291 g/mol. The summed E-state index contributed by atoms with van der Waals surface area (Å²) in [5.74, 6) is 0.0544. The summed E-state index contributed by atoms with van der Waals surface area (Å²) in [5, 5.41) is 0. The topological polar surface area (TPSA) is 78.3 Å². The zero-order valence-electron chi connectivity index (χ0n) is 11.4. The summed E-state index contributed by atoms with van der Waals surface area (Å²) in [7, 11) is 1.57. The smallest absolute Gasteiger partial charge is 0.248 e. The first-order valence-corrected chi connectivity index (χ1v) is 7.14. The summed E-state index contributed by atoms with van der Waals surface area (Å²) in [6.45, 7) is 0. The van der Waals surface area contributed by atoms with E-state index < -0.39 is 5.91 Å². The van der Waals surface area contributed by atoms with E-state index in [9.17, 15) is 9.18 Å². The third-order valence-electron chi connectivity index (χ3n) is 2.93. The summed E-state index contributed by atoms with van der Waals surface area (Å²) in [6.07, 6.45) is 0. The lowest BCUT2D eigenvalue weighted by Gasteiger charge is -2.09. The number of amides is 1. The molecule has 0 bridgehead atoms.